The molecule has 0 radical (unpaired) electrons. The van der Waals surface area contributed by atoms with Gasteiger partial charge in [0.15, 0.2) is 0 Å². The van der Waals surface area contributed by atoms with Crippen molar-refractivity contribution in [2.45, 2.75) is 12.5 Å². The van der Waals surface area contributed by atoms with Crippen molar-refractivity contribution in [3.8, 4) is 11.5 Å². The van der Waals surface area contributed by atoms with Crippen LogP contribution < -0.4 is 20.7 Å². The van der Waals surface area contributed by atoms with Crippen molar-refractivity contribution >= 4 is 11.8 Å². The summed E-state index contributed by atoms with van der Waals surface area (Å²) in [5, 5.41) is 0. The number of nitrogens with one attached hydrogen (secondary N) is 1. The summed E-state index contributed by atoms with van der Waals surface area (Å²) in [4.78, 5) is 0. The molecule has 96 valence electrons. The molecule has 0 bridgehead atoms. The van der Waals surface area contributed by atoms with Crippen LogP contribution in [0, 0.1) is 0 Å². The van der Waals surface area contributed by atoms with E-state index < -0.39 is 0 Å². The van der Waals surface area contributed by atoms with Crippen molar-refractivity contribution in [3.63, 3.8) is 0 Å². The lowest BCUT2D eigenvalue weighted by molar-refractivity contribution is 0.383. The molecule has 0 aliphatic heterocycles. The fourth-order valence-corrected chi connectivity index (χ4v) is 2.14. The minimum absolute atomic E-state index is 0.100. The first kappa shape index (κ1) is 14.2. The zero-order valence-electron chi connectivity index (χ0n) is 10.5. The summed E-state index contributed by atoms with van der Waals surface area (Å²) in [6.45, 7) is 0. The second-order valence-electron chi connectivity index (χ2n) is 3.61. The summed E-state index contributed by atoms with van der Waals surface area (Å²) >= 11 is 1.80. The van der Waals surface area contributed by atoms with Crippen molar-refractivity contribution in [1.29, 1.82) is 0 Å². The fourth-order valence-electron chi connectivity index (χ4n) is 1.67. The Kier molecular flexibility index (Phi) is 6.18. The van der Waals surface area contributed by atoms with Crippen LogP contribution in [-0.2, 0) is 0 Å². The zero-order chi connectivity index (χ0) is 12.7. The first-order valence-electron chi connectivity index (χ1n) is 5.43. The Labute approximate surface area is 107 Å². The Morgan fingerprint density at radius 3 is 2.65 bits per heavy atom. The number of rotatable bonds is 7. The molecule has 17 heavy (non-hydrogen) atoms. The van der Waals surface area contributed by atoms with Crippen LogP contribution in [0.1, 0.15) is 18.0 Å². The molecule has 0 spiro atoms. The number of thioether (sulfide) groups is 1. The Balaban J connectivity index is 2.93. The third kappa shape index (κ3) is 3.80. The second kappa shape index (κ2) is 7.42. The highest BCUT2D eigenvalue weighted by Crippen LogP contribution is 2.31. The number of methoxy groups -OCH3 is 2. The number of hydrogen-bond donors (Lipinski definition) is 2. The molecule has 1 aromatic carbocycles. The quantitative estimate of drug-likeness (QED) is 0.577. The summed E-state index contributed by atoms with van der Waals surface area (Å²) in [6, 6.07) is 5.88. The third-order valence-corrected chi connectivity index (χ3v) is 3.27. The molecule has 1 unspecified atom stereocenters. The van der Waals surface area contributed by atoms with E-state index in [1.54, 1.807) is 26.0 Å². The van der Waals surface area contributed by atoms with Gasteiger partial charge in [-0.1, -0.05) is 6.07 Å². The highest BCUT2D eigenvalue weighted by Gasteiger charge is 2.15. The van der Waals surface area contributed by atoms with Gasteiger partial charge in [-0.15, -0.1) is 0 Å². The van der Waals surface area contributed by atoms with Crippen LogP contribution >= 0.6 is 11.8 Å². The Morgan fingerprint density at radius 1 is 1.35 bits per heavy atom. The van der Waals surface area contributed by atoms with E-state index in [0.717, 1.165) is 29.2 Å². The summed E-state index contributed by atoms with van der Waals surface area (Å²) in [5.74, 6) is 8.22. The first-order chi connectivity index (χ1) is 8.26. The SMILES string of the molecule is COc1ccc(C(CCSC)NN)c(OC)c1. The maximum Gasteiger partial charge on any atom is 0.127 e. The minimum atomic E-state index is 0.100. The number of hydrogen-bond acceptors (Lipinski definition) is 5. The number of nitrogens with two attached hydrogens (primary N) is 1. The van der Waals surface area contributed by atoms with Crippen molar-refractivity contribution in [3.05, 3.63) is 23.8 Å². The molecule has 0 aromatic heterocycles. The van der Waals surface area contributed by atoms with Gasteiger partial charge >= 0.3 is 0 Å². The average molecular weight is 256 g/mol. The van der Waals surface area contributed by atoms with Gasteiger partial charge in [0.05, 0.1) is 20.3 Å². The Bertz CT molecular complexity index is 347. The molecular weight excluding hydrogens is 236 g/mol. The maximum atomic E-state index is 5.59. The summed E-state index contributed by atoms with van der Waals surface area (Å²) < 4.78 is 10.5. The van der Waals surface area contributed by atoms with Crippen LogP contribution in [-0.4, -0.2) is 26.2 Å². The molecule has 1 atom stereocenters. The fraction of sp³-hybridized carbons (Fsp3) is 0.500. The lowest BCUT2D eigenvalue weighted by Crippen LogP contribution is -2.28. The number of benzene rings is 1. The molecule has 3 N–H and O–H groups in total. The van der Waals surface area contributed by atoms with E-state index in [2.05, 4.69) is 11.7 Å². The highest BCUT2D eigenvalue weighted by atomic mass is 32.2. The lowest BCUT2D eigenvalue weighted by atomic mass is 10.0. The van der Waals surface area contributed by atoms with E-state index >= 15 is 0 Å². The molecule has 0 aliphatic rings. The largest absolute Gasteiger partial charge is 0.497 e. The van der Waals surface area contributed by atoms with E-state index in [4.69, 9.17) is 15.3 Å². The molecule has 0 fully saturated rings. The van der Waals surface area contributed by atoms with Gasteiger partial charge in [-0.05, 0) is 24.5 Å². The van der Waals surface area contributed by atoms with E-state index in [1.165, 1.54) is 0 Å². The highest BCUT2D eigenvalue weighted by molar-refractivity contribution is 7.98. The molecule has 0 amide bonds. The van der Waals surface area contributed by atoms with E-state index in [9.17, 15) is 0 Å². The molecule has 0 saturated heterocycles. The van der Waals surface area contributed by atoms with Crippen LogP contribution in [0.5, 0.6) is 11.5 Å². The van der Waals surface area contributed by atoms with Crippen molar-refractivity contribution in [2.24, 2.45) is 5.84 Å². The predicted octanol–water partition coefficient (Wildman–Crippen LogP) is 1.96. The molecule has 4 nitrogen and oxygen atoms in total. The summed E-state index contributed by atoms with van der Waals surface area (Å²) in [7, 11) is 3.29. The van der Waals surface area contributed by atoms with Crippen molar-refractivity contribution in [2.75, 3.05) is 26.2 Å². The molecule has 5 heteroatoms. The normalized spacial score (nSPS) is 12.2. The van der Waals surface area contributed by atoms with Gasteiger partial charge in [-0.25, -0.2) is 0 Å². The van der Waals surface area contributed by atoms with Crippen LogP contribution in [0.2, 0.25) is 0 Å². The average Bonchev–Trinajstić information content (AvgIpc) is 2.39. The minimum Gasteiger partial charge on any atom is -0.497 e. The van der Waals surface area contributed by atoms with Crippen molar-refractivity contribution in [1.82, 2.24) is 5.43 Å². The second-order valence-corrected chi connectivity index (χ2v) is 4.59. The van der Waals surface area contributed by atoms with E-state index in [-0.39, 0.29) is 6.04 Å². The molecule has 0 saturated carbocycles. The van der Waals surface area contributed by atoms with E-state index in [1.807, 2.05) is 18.2 Å². The van der Waals surface area contributed by atoms with Gasteiger partial charge in [0.1, 0.15) is 11.5 Å². The molecular formula is C12H20N2O2S. The van der Waals surface area contributed by atoms with Gasteiger partial charge in [-0.3, -0.25) is 11.3 Å². The lowest BCUT2D eigenvalue weighted by Gasteiger charge is -2.19. The van der Waals surface area contributed by atoms with Crippen LogP contribution in [0.25, 0.3) is 0 Å². The predicted molar refractivity (Wildman–Crippen MR) is 72.6 cm³/mol. The monoisotopic (exact) mass is 256 g/mol. The maximum absolute atomic E-state index is 5.59. The summed E-state index contributed by atoms with van der Waals surface area (Å²) in [5.41, 5.74) is 3.89. The topological polar surface area (TPSA) is 56.5 Å². The summed E-state index contributed by atoms with van der Waals surface area (Å²) in [6.07, 6.45) is 3.04. The molecule has 1 rings (SSSR count). The van der Waals surface area contributed by atoms with Gasteiger partial charge in [0.25, 0.3) is 0 Å². The zero-order valence-corrected chi connectivity index (χ0v) is 11.3. The van der Waals surface area contributed by atoms with Crippen molar-refractivity contribution < 1.29 is 9.47 Å². The van der Waals surface area contributed by atoms with Gasteiger partial charge < -0.3 is 9.47 Å². The Hall–Kier alpha value is -0.910. The van der Waals surface area contributed by atoms with E-state index in [0.29, 0.717) is 0 Å². The third-order valence-electron chi connectivity index (χ3n) is 2.63. The van der Waals surface area contributed by atoms with Gasteiger partial charge in [0.2, 0.25) is 0 Å². The van der Waals surface area contributed by atoms with Gasteiger partial charge in [0, 0.05) is 11.6 Å². The molecule has 0 aliphatic carbocycles. The Morgan fingerprint density at radius 2 is 2.12 bits per heavy atom. The standard InChI is InChI=1S/C12H20N2O2S/c1-15-9-4-5-10(12(8-9)16-2)11(14-13)6-7-17-3/h4-5,8,11,14H,6-7,13H2,1-3H3. The smallest absolute Gasteiger partial charge is 0.127 e. The van der Waals surface area contributed by atoms with Gasteiger partial charge in [-0.2, -0.15) is 11.8 Å². The van der Waals surface area contributed by atoms with Crippen LogP contribution in [0.15, 0.2) is 18.2 Å². The molecule has 1 aromatic rings. The molecule has 0 heterocycles. The number of hydrazine groups is 1. The first-order valence-corrected chi connectivity index (χ1v) is 6.83. The number of ether oxygens (including phenoxy) is 2. The van der Waals surface area contributed by atoms with Crippen LogP contribution in [0.3, 0.4) is 0 Å². The van der Waals surface area contributed by atoms with Crippen LogP contribution in [0.4, 0.5) is 0 Å².